The Morgan fingerprint density at radius 2 is 1.67 bits per heavy atom. The second-order valence-corrected chi connectivity index (χ2v) is 8.43. The first kappa shape index (κ1) is 15.0. The van der Waals surface area contributed by atoms with Crippen molar-refractivity contribution >= 4 is 16.8 Å². The van der Waals surface area contributed by atoms with Crippen molar-refractivity contribution in [2.45, 2.75) is 90.4 Å². The number of allylic oxidation sites excluding steroid dienone is 4. The van der Waals surface area contributed by atoms with Crippen LogP contribution in [0.4, 0.5) is 0 Å². The quantitative estimate of drug-likeness (QED) is 0.175. The summed E-state index contributed by atoms with van der Waals surface area (Å²) in [7, 11) is 0. The molecule has 0 spiro atoms. The van der Waals surface area contributed by atoms with Crippen LogP contribution in [0.3, 0.4) is 0 Å². The van der Waals surface area contributed by atoms with Crippen molar-refractivity contribution in [3.8, 4) is 0 Å². The number of carbonyl (C=O) groups excluding carboxylic acids is 1. The van der Waals surface area contributed by atoms with Gasteiger partial charge in [-0.3, -0.25) is 9.36 Å². The van der Waals surface area contributed by atoms with Crippen LogP contribution >= 0.6 is 0 Å². The lowest BCUT2D eigenvalue weighted by molar-refractivity contribution is 0.0904. The summed E-state index contributed by atoms with van der Waals surface area (Å²) < 4.78 is 88.4. The molecule has 0 aliphatic carbocycles. The molecule has 0 fully saturated rings. The number of aromatic nitrogens is 1. The predicted molar refractivity (Wildman–Crippen MR) is 144 cm³/mol. The third kappa shape index (κ3) is 10.6. The van der Waals surface area contributed by atoms with Crippen LogP contribution in [-0.4, -0.2) is 35.9 Å². The minimum Gasteiger partial charge on any atom is -0.309 e. The summed E-state index contributed by atoms with van der Waals surface area (Å²) in [5, 5.41) is -0.0644. The van der Waals surface area contributed by atoms with Gasteiger partial charge in [-0.15, -0.1) is 0 Å². The Balaban J connectivity index is 2.05. The van der Waals surface area contributed by atoms with Gasteiger partial charge >= 0.3 is 0 Å². The van der Waals surface area contributed by atoms with Crippen LogP contribution in [0, 0.1) is 0 Å². The Labute approximate surface area is 218 Å². The van der Waals surface area contributed by atoms with Gasteiger partial charge in [0.05, 0.1) is 12.4 Å². The lowest BCUT2D eigenvalue weighted by Gasteiger charge is -2.07. The summed E-state index contributed by atoms with van der Waals surface area (Å²) in [6.45, 7) is -4.24. The van der Waals surface area contributed by atoms with Crippen LogP contribution < -0.4 is 0 Å². The molecule has 1 heterocycles. The summed E-state index contributed by atoms with van der Waals surface area (Å²) in [6.07, 6.45) is 19.4. The van der Waals surface area contributed by atoms with E-state index in [4.69, 9.17) is 15.1 Å². The van der Waals surface area contributed by atoms with Crippen LogP contribution in [0.15, 0.2) is 54.6 Å². The molecule has 0 bridgehead atoms. The number of nitrogens with zero attached hydrogens (tertiary/aromatic N) is 2. The maximum absolute atomic E-state index is 13.3. The molecule has 0 saturated heterocycles. The average Bonchev–Trinajstić information content (AvgIpc) is 3.23. The van der Waals surface area contributed by atoms with Crippen LogP contribution in [0.2, 0.25) is 0 Å². The first-order chi connectivity index (χ1) is 20.6. The van der Waals surface area contributed by atoms with E-state index in [1.165, 1.54) is 19.3 Å². The fourth-order valence-corrected chi connectivity index (χ4v) is 3.73. The van der Waals surface area contributed by atoms with E-state index < -0.39 is 50.6 Å². The van der Waals surface area contributed by atoms with E-state index >= 15 is 0 Å². The Bertz CT molecular complexity index is 1280. The average molecular weight is 462 g/mol. The second kappa shape index (κ2) is 16.5. The van der Waals surface area contributed by atoms with Crippen LogP contribution in [0.1, 0.15) is 109 Å². The number of fused-ring (bicyclic) bond motifs is 1. The highest BCUT2D eigenvalue weighted by Crippen LogP contribution is 2.23. The number of unbranched alkanes of at least 4 members (excludes halogenated alkanes) is 8. The zero-order valence-corrected chi connectivity index (χ0v) is 20.0. The van der Waals surface area contributed by atoms with Crippen molar-refractivity contribution in [3.05, 3.63) is 60.2 Å². The molecule has 33 heavy (non-hydrogen) atoms. The Morgan fingerprint density at radius 1 is 0.970 bits per heavy atom. The number of carbonyl (C=O) groups is 1. The summed E-state index contributed by atoms with van der Waals surface area (Å²) in [6, 6.07) is -2.03. The van der Waals surface area contributed by atoms with E-state index in [0.29, 0.717) is 11.3 Å². The highest BCUT2D eigenvalue weighted by atomic mass is 16.2. The molecule has 0 saturated carbocycles. The van der Waals surface area contributed by atoms with Gasteiger partial charge in [-0.05, 0) is 70.5 Å². The van der Waals surface area contributed by atoms with E-state index in [9.17, 15) is 4.79 Å². The number of benzene rings is 1. The van der Waals surface area contributed by atoms with Gasteiger partial charge in [0, 0.05) is 32.7 Å². The van der Waals surface area contributed by atoms with Gasteiger partial charge in [-0.1, -0.05) is 81.5 Å². The molecular formula is C30H46N2O. The molecule has 0 amide bonds. The van der Waals surface area contributed by atoms with Gasteiger partial charge in [-0.2, -0.15) is 0 Å². The van der Waals surface area contributed by atoms with Crippen LogP contribution in [0.5, 0.6) is 0 Å². The lowest BCUT2D eigenvalue weighted by atomic mass is 10.1. The van der Waals surface area contributed by atoms with E-state index in [1.807, 2.05) is 0 Å². The first-order valence-corrected chi connectivity index (χ1v) is 12.4. The zero-order chi connectivity index (χ0) is 33.1. The SMILES string of the molecule is [2H]c1c([2H])c([2H])c2c(c1[2H])c(CCN(C([2H])([2H])[2H])C([2H])([2H])[2H])c([2H])n2C(=O)CCCCCCC/C=C\C/C=C\CCCCC. The number of likely N-dealkylation sites (N-methyl/N-ethyl adjacent to an activating group) is 1. The molecule has 182 valence electrons. The molecular weight excluding hydrogens is 404 g/mol. The Kier molecular flexibility index (Phi) is 7.48. The highest BCUT2D eigenvalue weighted by Gasteiger charge is 2.13. The Hall–Kier alpha value is -2.13. The maximum atomic E-state index is 13.3. The molecule has 2 aromatic rings. The normalized spacial score (nSPS) is 17.7. The fourth-order valence-electron chi connectivity index (χ4n) is 3.73. The molecule has 0 unspecified atom stereocenters. The summed E-state index contributed by atoms with van der Waals surface area (Å²) in [5.41, 5.74) is -0.128. The maximum Gasteiger partial charge on any atom is 0.231 e. The van der Waals surface area contributed by atoms with Crippen molar-refractivity contribution in [1.82, 2.24) is 9.47 Å². The summed E-state index contributed by atoms with van der Waals surface area (Å²) in [4.78, 5) is 13.7. The van der Waals surface area contributed by atoms with E-state index in [-0.39, 0.29) is 35.5 Å². The zero-order valence-electron chi connectivity index (χ0n) is 31.0. The number of hydrogen-bond acceptors (Lipinski definition) is 2. The fraction of sp³-hybridized carbons (Fsp3) is 0.567. The molecule has 0 aliphatic heterocycles. The third-order valence-corrected chi connectivity index (χ3v) is 5.62. The van der Waals surface area contributed by atoms with Crippen molar-refractivity contribution in [1.29, 1.82) is 0 Å². The largest absolute Gasteiger partial charge is 0.309 e. The molecule has 0 aliphatic rings. The highest BCUT2D eigenvalue weighted by molar-refractivity contribution is 5.94. The Morgan fingerprint density at radius 3 is 2.42 bits per heavy atom. The number of hydrogen-bond donors (Lipinski definition) is 0. The molecule has 0 N–H and O–H groups in total. The van der Waals surface area contributed by atoms with Gasteiger partial charge in [-0.25, -0.2) is 0 Å². The van der Waals surface area contributed by atoms with Gasteiger partial charge in [0.2, 0.25) is 5.91 Å². The minimum absolute atomic E-state index is 0.0129. The predicted octanol–water partition coefficient (Wildman–Crippen LogP) is 8.20. The van der Waals surface area contributed by atoms with E-state index in [1.54, 1.807) is 0 Å². The second-order valence-electron chi connectivity index (χ2n) is 8.43. The van der Waals surface area contributed by atoms with Crippen LogP contribution in [0.25, 0.3) is 10.9 Å². The van der Waals surface area contributed by atoms with Crippen molar-refractivity contribution in [2.24, 2.45) is 0 Å². The first-order valence-electron chi connectivity index (χ1n) is 17.9. The van der Waals surface area contributed by atoms with Gasteiger partial charge < -0.3 is 4.90 Å². The molecule has 2 rings (SSSR count). The van der Waals surface area contributed by atoms with E-state index in [2.05, 4.69) is 31.2 Å². The molecule has 0 atom stereocenters. The number of para-hydroxylation sites is 1. The topological polar surface area (TPSA) is 25.2 Å². The lowest BCUT2D eigenvalue weighted by Crippen LogP contribution is -2.15. The van der Waals surface area contributed by atoms with Gasteiger partial charge in [0.25, 0.3) is 0 Å². The van der Waals surface area contributed by atoms with Crippen LogP contribution in [-0.2, 0) is 6.42 Å². The standard InChI is InChI=1S/C30H46N2O/c1-4-5-6-7-8-9-10-11-12-13-14-15-16-17-18-23-30(33)32-26-27(24-25-31(2)3)28-21-19-20-22-29(28)32/h8-9,11-12,19-22,26H,4-7,10,13-18,23-25H2,1-3H3/b9-8-,12-11-/i2D3,3D3,19D,20D,21D,22D,26D. The van der Waals surface area contributed by atoms with E-state index in [0.717, 1.165) is 49.5 Å². The van der Waals surface area contributed by atoms with Crippen molar-refractivity contribution < 1.29 is 19.9 Å². The molecule has 0 radical (unpaired) electrons. The van der Waals surface area contributed by atoms with Gasteiger partial charge in [0.15, 0.2) is 0 Å². The van der Waals surface area contributed by atoms with Gasteiger partial charge in [0.1, 0.15) is 0 Å². The summed E-state index contributed by atoms with van der Waals surface area (Å²) >= 11 is 0. The van der Waals surface area contributed by atoms with Crippen molar-refractivity contribution in [3.63, 3.8) is 0 Å². The molecule has 3 heteroatoms. The molecule has 1 aromatic heterocycles. The molecule has 1 aromatic carbocycles. The smallest absolute Gasteiger partial charge is 0.231 e. The summed E-state index contributed by atoms with van der Waals surface area (Å²) in [5.74, 6) is -0.495. The van der Waals surface area contributed by atoms with Crippen molar-refractivity contribution in [2.75, 3.05) is 20.5 Å². The minimum atomic E-state index is -2.96. The third-order valence-electron chi connectivity index (χ3n) is 5.62. The monoisotopic (exact) mass is 461 g/mol. The molecule has 3 nitrogen and oxygen atoms in total. The number of rotatable bonds is 17.